The molecule has 0 saturated carbocycles. The molecule has 4 rings (SSSR count). The average Bonchev–Trinajstić information content (AvgIpc) is 3.37. The second kappa shape index (κ2) is 7.94. The highest BCUT2D eigenvalue weighted by Gasteiger charge is 2.41. The minimum absolute atomic E-state index is 0.237. The minimum Gasteiger partial charge on any atom is -0.497 e. The van der Waals surface area contributed by atoms with Crippen LogP contribution in [0.2, 0.25) is 0 Å². The van der Waals surface area contributed by atoms with E-state index in [9.17, 15) is 14.7 Å². The number of carbonyl (C=O) groups is 2. The van der Waals surface area contributed by atoms with Gasteiger partial charge in [0.1, 0.15) is 16.5 Å². The summed E-state index contributed by atoms with van der Waals surface area (Å²) in [7, 11) is 3.10. The van der Waals surface area contributed by atoms with Crippen molar-refractivity contribution in [3.05, 3.63) is 51.8 Å². The van der Waals surface area contributed by atoms with Crippen molar-refractivity contribution in [1.82, 2.24) is 9.88 Å². The highest BCUT2D eigenvalue weighted by atomic mass is 32.1. The van der Waals surface area contributed by atoms with Crippen molar-refractivity contribution in [2.75, 3.05) is 14.2 Å². The first-order valence-electron chi connectivity index (χ1n) is 8.77. The molecule has 7 nitrogen and oxygen atoms in total. The summed E-state index contributed by atoms with van der Waals surface area (Å²) in [5.41, 5.74) is 1.39. The summed E-state index contributed by atoms with van der Waals surface area (Å²) in [5, 5.41) is 12.4. The number of thiazole rings is 1. The van der Waals surface area contributed by atoms with Crippen LogP contribution in [-0.2, 0) is 17.9 Å². The zero-order valence-corrected chi connectivity index (χ0v) is 17.4. The van der Waals surface area contributed by atoms with Crippen molar-refractivity contribution in [3.63, 3.8) is 0 Å². The lowest BCUT2D eigenvalue weighted by molar-refractivity contribution is -0.142. The van der Waals surface area contributed by atoms with Crippen LogP contribution < -0.4 is 9.47 Å². The van der Waals surface area contributed by atoms with Crippen molar-refractivity contribution >= 4 is 34.4 Å². The molecule has 150 valence electrons. The van der Waals surface area contributed by atoms with Gasteiger partial charge >= 0.3 is 5.97 Å². The fourth-order valence-corrected chi connectivity index (χ4v) is 5.18. The zero-order valence-electron chi connectivity index (χ0n) is 15.7. The van der Waals surface area contributed by atoms with E-state index in [-0.39, 0.29) is 13.1 Å². The van der Waals surface area contributed by atoms with Crippen LogP contribution in [0.15, 0.2) is 35.7 Å². The highest BCUT2D eigenvalue weighted by molar-refractivity contribution is 7.22. The lowest BCUT2D eigenvalue weighted by Crippen LogP contribution is -2.49. The fourth-order valence-electron chi connectivity index (χ4n) is 3.35. The number of carboxylic acids is 1. The lowest BCUT2D eigenvalue weighted by atomic mass is 10.0. The van der Waals surface area contributed by atoms with Crippen LogP contribution in [0.3, 0.4) is 0 Å². The van der Waals surface area contributed by atoms with Crippen LogP contribution in [0, 0.1) is 0 Å². The number of Topliss-reactive ketones (excluding diaryl/α,β-unsaturated/α-hetero) is 1. The van der Waals surface area contributed by atoms with Gasteiger partial charge in [-0.05, 0) is 17.5 Å². The third-order valence-corrected chi connectivity index (χ3v) is 6.87. The Morgan fingerprint density at radius 1 is 1.31 bits per heavy atom. The molecule has 3 aromatic rings. The van der Waals surface area contributed by atoms with Crippen LogP contribution >= 0.6 is 22.7 Å². The van der Waals surface area contributed by atoms with Crippen LogP contribution in [-0.4, -0.2) is 47.0 Å². The Balaban J connectivity index is 1.69. The van der Waals surface area contributed by atoms with Gasteiger partial charge in [-0.3, -0.25) is 14.5 Å². The Morgan fingerprint density at radius 2 is 2.14 bits per heavy atom. The van der Waals surface area contributed by atoms with Crippen molar-refractivity contribution in [3.8, 4) is 21.4 Å². The van der Waals surface area contributed by atoms with Gasteiger partial charge in [0.2, 0.25) is 5.78 Å². The van der Waals surface area contributed by atoms with E-state index in [0.717, 1.165) is 15.4 Å². The molecule has 29 heavy (non-hydrogen) atoms. The monoisotopic (exact) mass is 430 g/mol. The predicted octanol–water partition coefficient (Wildman–Crippen LogP) is 3.54. The van der Waals surface area contributed by atoms with Crippen LogP contribution in [0.4, 0.5) is 0 Å². The third kappa shape index (κ3) is 3.64. The molecule has 1 aliphatic rings. The quantitative estimate of drug-likeness (QED) is 0.598. The first kappa shape index (κ1) is 19.6. The number of thiophene rings is 1. The number of ether oxygens (including phenoxy) is 2. The smallest absolute Gasteiger partial charge is 0.329 e. The van der Waals surface area contributed by atoms with Crippen molar-refractivity contribution in [2.24, 2.45) is 0 Å². The second-order valence-corrected chi connectivity index (χ2v) is 8.41. The van der Waals surface area contributed by atoms with Gasteiger partial charge in [-0.2, -0.15) is 0 Å². The Labute approximate surface area is 175 Å². The van der Waals surface area contributed by atoms with Gasteiger partial charge in [-0.25, -0.2) is 4.98 Å². The molecule has 0 radical (unpaired) electrons. The fraction of sp³-hybridized carbons (Fsp3) is 0.250. The van der Waals surface area contributed by atoms with E-state index in [0.29, 0.717) is 22.1 Å². The van der Waals surface area contributed by atoms with Gasteiger partial charge in [-0.15, -0.1) is 22.7 Å². The maximum absolute atomic E-state index is 13.0. The summed E-state index contributed by atoms with van der Waals surface area (Å²) >= 11 is 2.80. The normalized spacial score (nSPS) is 16.5. The van der Waals surface area contributed by atoms with E-state index in [1.165, 1.54) is 22.7 Å². The van der Waals surface area contributed by atoms with Gasteiger partial charge < -0.3 is 14.6 Å². The maximum atomic E-state index is 13.0. The number of hydrogen-bond donors (Lipinski definition) is 1. The lowest BCUT2D eigenvalue weighted by Gasteiger charge is -2.31. The maximum Gasteiger partial charge on any atom is 0.329 e. The number of hydrogen-bond acceptors (Lipinski definition) is 8. The SMILES string of the molecule is COc1ccc(CN2Cc3nc(-c4cccs4)sc3C(=O)C2C(=O)O)c(OC)c1. The topological polar surface area (TPSA) is 89.0 Å². The molecule has 1 unspecified atom stereocenters. The standard InChI is InChI=1S/C20H18N2O5S2/c1-26-12-6-5-11(14(8-12)27-2)9-22-10-13-18(17(23)16(22)20(24)25)29-19(21-13)15-4-3-7-28-15/h3-8,16H,9-10H2,1-2H3,(H,24,25). The molecular weight excluding hydrogens is 412 g/mol. The van der Waals surface area contributed by atoms with Gasteiger partial charge in [0.05, 0.1) is 29.7 Å². The Kier molecular flexibility index (Phi) is 5.35. The molecule has 0 bridgehead atoms. The number of carbonyl (C=O) groups excluding carboxylic acids is 1. The molecule has 9 heteroatoms. The zero-order chi connectivity index (χ0) is 20.5. The van der Waals surface area contributed by atoms with Crippen molar-refractivity contribution in [2.45, 2.75) is 19.1 Å². The third-order valence-electron chi connectivity index (χ3n) is 4.72. The number of fused-ring (bicyclic) bond motifs is 1. The van der Waals surface area contributed by atoms with E-state index < -0.39 is 17.8 Å². The van der Waals surface area contributed by atoms with Crippen LogP contribution in [0.25, 0.3) is 9.88 Å². The summed E-state index contributed by atoms with van der Waals surface area (Å²) in [6, 6.07) is 7.93. The molecule has 1 aliphatic heterocycles. The van der Waals surface area contributed by atoms with E-state index in [1.807, 2.05) is 23.6 Å². The van der Waals surface area contributed by atoms with Gasteiger partial charge in [-0.1, -0.05) is 12.1 Å². The summed E-state index contributed by atoms with van der Waals surface area (Å²) in [5.74, 6) is -0.382. The number of aliphatic carboxylic acids is 1. The van der Waals surface area contributed by atoms with Gasteiger partial charge in [0.25, 0.3) is 0 Å². The second-order valence-electron chi connectivity index (χ2n) is 6.46. The molecule has 0 aliphatic carbocycles. The molecule has 1 N–H and O–H groups in total. The Hall–Kier alpha value is -2.75. The first-order chi connectivity index (χ1) is 14.0. The van der Waals surface area contributed by atoms with Crippen molar-refractivity contribution < 1.29 is 24.2 Å². The number of ketones is 1. The number of benzene rings is 1. The molecule has 1 atom stereocenters. The molecule has 3 heterocycles. The van der Waals surface area contributed by atoms with E-state index >= 15 is 0 Å². The van der Waals surface area contributed by atoms with Crippen molar-refractivity contribution in [1.29, 1.82) is 0 Å². The molecule has 0 amide bonds. The predicted molar refractivity (Wildman–Crippen MR) is 110 cm³/mol. The van der Waals surface area contributed by atoms with Gasteiger partial charge in [0, 0.05) is 24.7 Å². The Morgan fingerprint density at radius 3 is 2.79 bits per heavy atom. The number of methoxy groups -OCH3 is 2. The molecule has 0 fully saturated rings. The molecule has 0 saturated heterocycles. The minimum atomic E-state index is -1.26. The van der Waals surface area contributed by atoms with E-state index in [1.54, 1.807) is 31.3 Å². The average molecular weight is 431 g/mol. The first-order valence-corrected chi connectivity index (χ1v) is 10.5. The van der Waals surface area contributed by atoms with E-state index in [2.05, 4.69) is 4.98 Å². The number of carboxylic acid groups (broad SMARTS) is 1. The largest absolute Gasteiger partial charge is 0.497 e. The summed E-state index contributed by atoms with van der Waals surface area (Å²) in [6.45, 7) is 0.510. The molecular formula is C20H18N2O5S2. The Bertz CT molecular complexity index is 1060. The molecule has 1 aromatic carbocycles. The van der Waals surface area contributed by atoms with E-state index in [4.69, 9.17) is 9.47 Å². The summed E-state index contributed by atoms with van der Waals surface area (Å²) in [4.78, 5) is 32.6. The molecule has 0 spiro atoms. The number of nitrogens with zero attached hydrogens (tertiary/aromatic N) is 2. The van der Waals surface area contributed by atoms with Crippen LogP contribution in [0.5, 0.6) is 11.5 Å². The highest BCUT2D eigenvalue weighted by Crippen LogP contribution is 2.36. The number of rotatable bonds is 6. The summed E-state index contributed by atoms with van der Waals surface area (Å²) in [6.07, 6.45) is 0. The molecule has 2 aromatic heterocycles. The summed E-state index contributed by atoms with van der Waals surface area (Å²) < 4.78 is 10.6. The number of aromatic nitrogens is 1. The van der Waals surface area contributed by atoms with Gasteiger partial charge in [0.15, 0.2) is 6.04 Å². The van der Waals surface area contributed by atoms with Crippen LogP contribution in [0.1, 0.15) is 20.9 Å².